The molecule has 0 saturated heterocycles. The molecule has 1 amide bonds. The van der Waals surface area contributed by atoms with Gasteiger partial charge in [0.05, 0.1) is 12.5 Å². The molecule has 7 nitrogen and oxygen atoms in total. The average molecular weight is 359 g/mol. The van der Waals surface area contributed by atoms with Crippen LogP contribution in [-0.4, -0.2) is 42.3 Å². The number of nitrogens with zero attached hydrogens (tertiary/aromatic N) is 1. The third kappa shape index (κ3) is 6.33. The van der Waals surface area contributed by atoms with Gasteiger partial charge in [0, 0.05) is 11.6 Å². The van der Waals surface area contributed by atoms with Gasteiger partial charge in [-0.2, -0.15) is 0 Å². The second kappa shape index (κ2) is 8.62. The number of amides is 1. The fraction of sp³-hybridized carbons (Fsp3) is 0.421. The monoisotopic (exact) mass is 359 g/mol. The van der Waals surface area contributed by atoms with Crippen molar-refractivity contribution in [3.63, 3.8) is 0 Å². The van der Waals surface area contributed by atoms with Crippen molar-refractivity contribution in [2.24, 2.45) is 0 Å². The van der Waals surface area contributed by atoms with Gasteiger partial charge >= 0.3 is 12.1 Å². The highest BCUT2D eigenvalue weighted by Gasteiger charge is 2.20. The number of nitrogens with one attached hydrogen (secondary N) is 2. The summed E-state index contributed by atoms with van der Waals surface area (Å²) in [5.74, 6) is 0.0545. The number of hydrogen-bond donors (Lipinski definition) is 2. The number of ether oxygens (including phenoxy) is 2. The molecule has 2 aromatic rings. The second-order valence-electron chi connectivity index (χ2n) is 6.92. The zero-order valence-corrected chi connectivity index (χ0v) is 15.5. The van der Waals surface area contributed by atoms with Gasteiger partial charge in [0.1, 0.15) is 18.0 Å². The van der Waals surface area contributed by atoms with Crippen LogP contribution in [0.5, 0.6) is 0 Å². The molecule has 140 valence electrons. The zero-order valence-electron chi connectivity index (χ0n) is 15.5. The first-order chi connectivity index (χ1) is 12.3. The average Bonchev–Trinajstić information content (AvgIpc) is 2.56. The largest absolute Gasteiger partial charge is 0.460 e. The van der Waals surface area contributed by atoms with E-state index in [-0.39, 0.29) is 25.0 Å². The molecular weight excluding hydrogens is 334 g/mol. The number of esters is 1. The van der Waals surface area contributed by atoms with Crippen LogP contribution in [0.4, 0.5) is 10.6 Å². The molecule has 0 radical (unpaired) electrons. The van der Waals surface area contributed by atoms with Crippen LogP contribution in [0.25, 0.3) is 10.8 Å². The van der Waals surface area contributed by atoms with Gasteiger partial charge in [0.25, 0.3) is 0 Å². The van der Waals surface area contributed by atoms with E-state index in [9.17, 15) is 9.59 Å². The lowest BCUT2D eigenvalue weighted by Gasteiger charge is -2.22. The Morgan fingerprint density at radius 1 is 1.19 bits per heavy atom. The van der Waals surface area contributed by atoms with Crippen LogP contribution in [0.1, 0.15) is 27.2 Å². The Bertz CT molecular complexity index is 771. The normalized spacial score (nSPS) is 12.5. The Kier molecular flexibility index (Phi) is 6.52. The summed E-state index contributed by atoms with van der Waals surface area (Å²) in [6.45, 7) is 5.45. The summed E-state index contributed by atoms with van der Waals surface area (Å²) in [5, 5.41) is 7.48. The van der Waals surface area contributed by atoms with Crippen LogP contribution in [0.3, 0.4) is 0 Å². The maximum absolute atomic E-state index is 12.0. The van der Waals surface area contributed by atoms with Gasteiger partial charge in [-0.3, -0.25) is 10.1 Å². The van der Waals surface area contributed by atoms with Crippen LogP contribution in [0.2, 0.25) is 0 Å². The number of aromatic nitrogens is 1. The lowest BCUT2D eigenvalue weighted by atomic mass is 10.2. The quantitative estimate of drug-likeness (QED) is 0.771. The smallest absolute Gasteiger partial charge is 0.412 e. The standard InChI is InChI=1S/C19H25N3O4/c1-19(2,3)26-17(23)10-15(20-4)12-25-18(24)22-16-9-13-7-5-6-8-14(13)11-21-16/h5-9,11,15,20H,10,12H2,1-4H3,(H,21,22,24)/t15-/m0/s1. The highest BCUT2D eigenvalue weighted by Crippen LogP contribution is 2.16. The maximum Gasteiger partial charge on any atom is 0.412 e. The molecule has 2 N–H and O–H groups in total. The predicted molar refractivity (Wildman–Crippen MR) is 100 cm³/mol. The van der Waals surface area contributed by atoms with Gasteiger partial charge in [0.2, 0.25) is 0 Å². The third-order valence-electron chi connectivity index (χ3n) is 3.52. The van der Waals surface area contributed by atoms with Gasteiger partial charge in [-0.15, -0.1) is 0 Å². The van der Waals surface area contributed by atoms with Crippen LogP contribution in [-0.2, 0) is 14.3 Å². The van der Waals surface area contributed by atoms with Crippen molar-refractivity contribution in [1.29, 1.82) is 0 Å². The first-order valence-electron chi connectivity index (χ1n) is 8.44. The molecule has 0 bridgehead atoms. The lowest BCUT2D eigenvalue weighted by molar-refractivity contribution is -0.155. The van der Waals surface area contributed by atoms with Crippen molar-refractivity contribution < 1.29 is 19.1 Å². The summed E-state index contributed by atoms with van der Waals surface area (Å²) in [7, 11) is 1.70. The number of carbonyl (C=O) groups is 2. The molecule has 1 aromatic carbocycles. The topological polar surface area (TPSA) is 89.5 Å². The number of carbonyl (C=O) groups excluding carboxylic acids is 2. The van der Waals surface area contributed by atoms with Crippen LogP contribution < -0.4 is 10.6 Å². The summed E-state index contributed by atoms with van der Waals surface area (Å²) in [6, 6.07) is 9.16. The number of fused-ring (bicyclic) bond motifs is 1. The zero-order chi connectivity index (χ0) is 19.2. The molecule has 0 aliphatic carbocycles. The van der Waals surface area contributed by atoms with Crippen molar-refractivity contribution in [2.45, 2.75) is 38.8 Å². The number of rotatable bonds is 6. The predicted octanol–water partition coefficient (Wildman–Crippen LogP) is 3.10. The van der Waals surface area contributed by atoms with Gasteiger partial charge in [-0.1, -0.05) is 24.3 Å². The Morgan fingerprint density at radius 2 is 1.88 bits per heavy atom. The molecule has 7 heteroatoms. The molecule has 1 atom stereocenters. The molecule has 1 heterocycles. The van der Waals surface area contributed by atoms with Gasteiger partial charge in [-0.05, 0) is 39.3 Å². The van der Waals surface area contributed by atoms with E-state index in [0.717, 1.165) is 10.8 Å². The highest BCUT2D eigenvalue weighted by molar-refractivity contribution is 5.89. The molecule has 0 unspecified atom stereocenters. The fourth-order valence-corrected chi connectivity index (χ4v) is 2.30. The van der Waals surface area contributed by atoms with Crippen molar-refractivity contribution >= 4 is 28.7 Å². The Labute approximate surface area is 153 Å². The molecule has 0 aliphatic rings. The Balaban J connectivity index is 1.84. The number of benzene rings is 1. The van der Waals surface area contributed by atoms with E-state index >= 15 is 0 Å². The second-order valence-corrected chi connectivity index (χ2v) is 6.92. The van der Waals surface area contributed by atoms with E-state index < -0.39 is 11.7 Å². The van der Waals surface area contributed by atoms with E-state index in [1.54, 1.807) is 40.1 Å². The van der Waals surface area contributed by atoms with E-state index in [1.165, 1.54) is 0 Å². The Hall–Kier alpha value is -2.67. The van der Waals surface area contributed by atoms with Crippen molar-refractivity contribution in [3.8, 4) is 0 Å². The maximum atomic E-state index is 12.0. The minimum Gasteiger partial charge on any atom is -0.460 e. The van der Waals surface area contributed by atoms with Gasteiger partial charge in [-0.25, -0.2) is 9.78 Å². The molecule has 0 spiro atoms. The third-order valence-corrected chi connectivity index (χ3v) is 3.52. The van der Waals surface area contributed by atoms with Crippen LogP contribution in [0.15, 0.2) is 36.5 Å². The molecule has 2 rings (SSSR count). The molecule has 26 heavy (non-hydrogen) atoms. The number of anilines is 1. The molecule has 0 fully saturated rings. The SMILES string of the molecule is CN[C@H](COC(=O)Nc1cc2ccccc2cn1)CC(=O)OC(C)(C)C. The molecule has 0 aliphatic heterocycles. The summed E-state index contributed by atoms with van der Waals surface area (Å²) in [4.78, 5) is 28.0. The first kappa shape index (κ1) is 19.7. The van der Waals surface area contributed by atoms with Gasteiger partial charge in [0.15, 0.2) is 0 Å². The van der Waals surface area contributed by atoms with Crippen molar-refractivity contribution in [3.05, 3.63) is 36.5 Å². The number of likely N-dealkylation sites (N-methyl/N-ethyl adjacent to an activating group) is 1. The lowest BCUT2D eigenvalue weighted by Crippen LogP contribution is -2.36. The van der Waals surface area contributed by atoms with E-state index in [0.29, 0.717) is 5.82 Å². The minimum absolute atomic E-state index is 0.0369. The molecular formula is C19H25N3O4. The summed E-state index contributed by atoms with van der Waals surface area (Å²) in [5.41, 5.74) is -0.546. The van der Waals surface area contributed by atoms with Crippen LogP contribution >= 0.6 is 0 Å². The minimum atomic E-state index is -0.628. The van der Waals surface area contributed by atoms with E-state index in [1.807, 2.05) is 24.3 Å². The van der Waals surface area contributed by atoms with Crippen molar-refractivity contribution in [2.75, 3.05) is 19.0 Å². The summed E-state index contributed by atoms with van der Waals surface area (Å²) in [6.07, 6.45) is 1.16. The van der Waals surface area contributed by atoms with E-state index in [4.69, 9.17) is 9.47 Å². The highest BCUT2D eigenvalue weighted by atomic mass is 16.6. The van der Waals surface area contributed by atoms with Gasteiger partial charge < -0.3 is 14.8 Å². The van der Waals surface area contributed by atoms with Crippen LogP contribution in [0, 0.1) is 0 Å². The fourth-order valence-electron chi connectivity index (χ4n) is 2.30. The van der Waals surface area contributed by atoms with E-state index in [2.05, 4.69) is 15.6 Å². The molecule has 0 saturated carbocycles. The van der Waals surface area contributed by atoms with Crippen molar-refractivity contribution in [1.82, 2.24) is 10.3 Å². The summed E-state index contributed by atoms with van der Waals surface area (Å²) < 4.78 is 10.5. The first-order valence-corrected chi connectivity index (χ1v) is 8.44. The Morgan fingerprint density at radius 3 is 2.54 bits per heavy atom. The molecule has 1 aromatic heterocycles. The number of hydrogen-bond acceptors (Lipinski definition) is 6. The summed E-state index contributed by atoms with van der Waals surface area (Å²) >= 11 is 0. The number of pyridine rings is 1.